The summed E-state index contributed by atoms with van der Waals surface area (Å²) in [4.78, 5) is 0. The highest BCUT2D eigenvalue weighted by atomic mass is 16.5. The number of benzene rings is 2. The Morgan fingerprint density at radius 3 is 1.52 bits per heavy atom. The summed E-state index contributed by atoms with van der Waals surface area (Å²) < 4.78 is 6.06. The molecule has 5 heteroatoms. The Morgan fingerprint density at radius 2 is 1.16 bits per heavy atom. The molecule has 0 aliphatic rings. The molecule has 136 valence electrons. The van der Waals surface area contributed by atoms with Crippen LogP contribution in [0.2, 0.25) is 0 Å². The molecular formula is C20H26O5. The van der Waals surface area contributed by atoms with Crippen molar-refractivity contribution in [2.45, 2.75) is 38.9 Å². The first-order valence-electron chi connectivity index (χ1n) is 8.39. The monoisotopic (exact) mass is 346 g/mol. The molecule has 4 N–H and O–H groups in total. The molecule has 0 aromatic heterocycles. The van der Waals surface area contributed by atoms with Crippen LogP contribution >= 0.6 is 0 Å². The standard InChI is InChI=1S/C20H26O5/c1-13-15(9-17(23)11-21)5-3-7-19(13)25-20-8-4-6-16(14(20)2)10-18(24)12-22/h3-8,17-18,21-24H,9-12H2,1-2H3. The fourth-order valence-electron chi connectivity index (χ4n) is 2.74. The zero-order chi connectivity index (χ0) is 18.4. The molecule has 0 bridgehead atoms. The van der Waals surface area contributed by atoms with Gasteiger partial charge in [0.15, 0.2) is 0 Å². The van der Waals surface area contributed by atoms with E-state index in [4.69, 9.17) is 14.9 Å². The molecular weight excluding hydrogens is 320 g/mol. The summed E-state index contributed by atoms with van der Waals surface area (Å²) in [5, 5.41) is 37.4. The Balaban J connectivity index is 2.25. The highest BCUT2D eigenvalue weighted by Crippen LogP contribution is 2.31. The minimum Gasteiger partial charge on any atom is -0.457 e. The van der Waals surface area contributed by atoms with Gasteiger partial charge < -0.3 is 25.2 Å². The van der Waals surface area contributed by atoms with E-state index < -0.39 is 12.2 Å². The predicted octanol–water partition coefficient (Wildman–Crippen LogP) is 1.89. The molecule has 2 unspecified atom stereocenters. The van der Waals surface area contributed by atoms with E-state index in [1.54, 1.807) is 0 Å². The summed E-state index contributed by atoms with van der Waals surface area (Å²) in [6.45, 7) is 3.28. The van der Waals surface area contributed by atoms with Crippen LogP contribution in [0.5, 0.6) is 11.5 Å². The van der Waals surface area contributed by atoms with Crippen LogP contribution in [0.15, 0.2) is 36.4 Å². The lowest BCUT2D eigenvalue weighted by molar-refractivity contribution is 0.0953. The Bertz CT molecular complexity index is 639. The molecule has 2 aromatic carbocycles. The van der Waals surface area contributed by atoms with E-state index in [0.29, 0.717) is 24.3 Å². The van der Waals surface area contributed by atoms with E-state index in [1.807, 2.05) is 50.2 Å². The van der Waals surface area contributed by atoms with Crippen molar-refractivity contribution >= 4 is 0 Å². The molecule has 0 heterocycles. The summed E-state index contributed by atoms with van der Waals surface area (Å²) >= 11 is 0. The van der Waals surface area contributed by atoms with Gasteiger partial charge in [-0.3, -0.25) is 0 Å². The first-order valence-corrected chi connectivity index (χ1v) is 8.39. The van der Waals surface area contributed by atoms with Gasteiger partial charge in [0.05, 0.1) is 25.4 Å². The van der Waals surface area contributed by atoms with E-state index in [9.17, 15) is 10.2 Å². The third kappa shape index (κ3) is 5.03. The smallest absolute Gasteiger partial charge is 0.130 e. The SMILES string of the molecule is Cc1c(CC(O)CO)cccc1Oc1cccc(CC(O)CO)c1C. The van der Waals surface area contributed by atoms with Crippen molar-refractivity contribution in [2.24, 2.45) is 0 Å². The van der Waals surface area contributed by atoms with Crippen molar-refractivity contribution in [1.82, 2.24) is 0 Å². The molecule has 0 amide bonds. The second kappa shape index (κ2) is 8.97. The number of ether oxygens (including phenoxy) is 1. The maximum absolute atomic E-state index is 9.67. The maximum Gasteiger partial charge on any atom is 0.130 e. The second-order valence-electron chi connectivity index (χ2n) is 6.26. The minimum absolute atomic E-state index is 0.279. The Morgan fingerprint density at radius 1 is 0.760 bits per heavy atom. The third-order valence-electron chi connectivity index (χ3n) is 4.35. The van der Waals surface area contributed by atoms with E-state index in [1.165, 1.54) is 0 Å². The number of aliphatic hydroxyl groups excluding tert-OH is 4. The van der Waals surface area contributed by atoms with Gasteiger partial charge in [0.1, 0.15) is 11.5 Å². The fraction of sp³-hybridized carbons (Fsp3) is 0.400. The summed E-state index contributed by atoms with van der Waals surface area (Å²) in [5.41, 5.74) is 3.66. The Labute approximate surface area is 148 Å². The van der Waals surface area contributed by atoms with Crippen LogP contribution in [0.4, 0.5) is 0 Å². The molecule has 2 atom stereocenters. The van der Waals surface area contributed by atoms with Crippen molar-refractivity contribution < 1.29 is 25.2 Å². The number of rotatable bonds is 8. The molecule has 0 fully saturated rings. The average Bonchev–Trinajstić information content (AvgIpc) is 2.61. The first kappa shape index (κ1) is 19.4. The molecule has 0 aliphatic heterocycles. The molecule has 0 spiro atoms. The van der Waals surface area contributed by atoms with Crippen molar-refractivity contribution in [3.8, 4) is 11.5 Å². The van der Waals surface area contributed by atoms with E-state index in [2.05, 4.69) is 0 Å². The number of hydrogen-bond acceptors (Lipinski definition) is 5. The van der Waals surface area contributed by atoms with Gasteiger partial charge in [-0.1, -0.05) is 24.3 Å². The normalized spacial score (nSPS) is 13.5. The predicted molar refractivity (Wildman–Crippen MR) is 96.0 cm³/mol. The summed E-state index contributed by atoms with van der Waals surface area (Å²) in [6, 6.07) is 11.2. The molecule has 0 saturated heterocycles. The van der Waals surface area contributed by atoms with E-state index in [-0.39, 0.29) is 13.2 Å². The van der Waals surface area contributed by atoms with Crippen LogP contribution in [0.1, 0.15) is 22.3 Å². The van der Waals surface area contributed by atoms with Gasteiger partial charge in [-0.15, -0.1) is 0 Å². The average molecular weight is 346 g/mol. The molecule has 0 radical (unpaired) electrons. The Hall–Kier alpha value is -1.92. The topological polar surface area (TPSA) is 90.2 Å². The van der Waals surface area contributed by atoms with Gasteiger partial charge in [0, 0.05) is 12.8 Å². The number of hydrogen-bond donors (Lipinski definition) is 4. The third-order valence-corrected chi connectivity index (χ3v) is 4.35. The highest BCUT2D eigenvalue weighted by molar-refractivity contribution is 5.46. The lowest BCUT2D eigenvalue weighted by Crippen LogP contribution is -2.16. The van der Waals surface area contributed by atoms with Gasteiger partial charge in [-0.2, -0.15) is 0 Å². The van der Waals surface area contributed by atoms with Gasteiger partial charge in [0.2, 0.25) is 0 Å². The van der Waals surface area contributed by atoms with Crippen LogP contribution in [0.25, 0.3) is 0 Å². The van der Waals surface area contributed by atoms with Gasteiger partial charge in [0.25, 0.3) is 0 Å². The lowest BCUT2D eigenvalue weighted by Gasteiger charge is -2.17. The van der Waals surface area contributed by atoms with Crippen LogP contribution < -0.4 is 4.74 Å². The van der Waals surface area contributed by atoms with Gasteiger partial charge in [-0.05, 0) is 48.2 Å². The van der Waals surface area contributed by atoms with Crippen molar-refractivity contribution in [1.29, 1.82) is 0 Å². The highest BCUT2D eigenvalue weighted by Gasteiger charge is 2.13. The van der Waals surface area contributed by atoms with E-state index >= 15 is 0 Å². The van der Waals surface area contributed by atoms with Gasteiger partial charge >= 0.3 is 0 Å². The molecule has 25 heavy (non-hydrogen) atoms. The fourth-order valence-corrected chi connectivity index (χ4v) is 2.74. The van der Waals surface area contributed by atoms with Crippen molar-refractivity contribution in [3.05, 3.63) is 58.7 Å². The lowest BCUT2D eigenvalue weighted by atomic mass is 10.0. The maximum atomic E-state index is 9.67. The summed E-state index contributed by atoms with van der Waals surface area (Å²) in [7, 11) is 0. The first-order chi connectivity index (χ1) is 12.0. The van der Waals surface area contributed by atoms with Crippen LogP contribution in [-0.4, -0.2) is 45.8 Å². The van der Waals surface area contributed by atoms with Crippen LogP contribution in [0.3, 0.4) is 0 Å². The number of aliphatic hydroxyl groups is 4. The molecule has 5 nitrogen and oxygen atoms in total. The zero-order valence-corrected chi connectivity index (χ0v) is 14.6. The van der Waals surface area contributed by atoms with Crippen LogP contribution in [-0.2, 0) is 12.8 Å². The largest absolute Gasteiger partial charge is 0.457 e. The molecule has 2 aromatic rings. The summed E-state index contributed by atoms with van der Waals surface area (Å²) in [5.74, 6) is 1.37. The summed E-state index contributed by atoms with van der Waals surface area (Å²) in [6.07, 6.45) is -0.861. The van der Waals surface area contributed by atoms with Crippen LogP contribution in [0, 0.1) is 13.8 Å². The second-order valence-corrected chi connectivity index (χ2v) is 6.26. The van der Waals surface area contributed by atoms with Crippen molar-refractivity contribution in [3.63, 3.8) is 0 Å². The quantitative estimate of drug-likeness (QED) is 0.586. The molecule has 2 rings (SSSR count). The minimum atomic E-state index is -0.793. The van der Waals surface area contributed by atoms with E-state index in [0.717, 1.165) is 22.3 Å². The zero-order valence-electron chi connectivity index (χ0n) is 14.6. The Kier molecular flexibility index (Phi) is 6.96. The van der Waals surface area contributed by atoms with Gasteiger partial charge in [-0.25, -0.2) is 0 Å². The van der Waals surface area contributed by atoms with Crippen molar-refractivity contribution in [2.75, 3.05) is 13.2 Å². The molecule has 0 saturated carbocycles. The molecule has 0 aliphatic carbocycles.